The molecule has 4 nitrogen and oxygen atoms in total. The van der Waals surface area contributed by atoms with Crippen molar-refractivity contribution in [2.75, 3.05) is 18.5 Å². The molecule has 1 aliphatic rings. The number of anilines is 1. The molecule has 2 unspecified atom stereocenters. The summed E-state index contributed by atoms with van der Waals surface area (Å²) in [5, 5.41) is 2.96. The monoisotopic (exact) mass is 319 g/mol. The number of carbonyl (C=O) groups excluding carboxylic acids is 1. The molecule has 1 aromatic carbocycles. The topological polar surface area (TPSA) is 47.6 Å². The maximum absolute atomic E-state index is 12.2. The molecule has 0 spiro atoms. The van der Waals surface area contributed by atoms with E-state index in [2.05, 4.69) is 33.0 Å². The van der Waals surface area contributed by atoms with Gasteiger partial charge in [-0.2, -0.15) is 0 Å². The van der Waals surface area contributed by atoms with Gasteiger partial charge in [-0.25, -0.2) is 0 Å². The molecule has 128 valence electrons. The molecule has 1 heterocycles. The fraction of sp³-hybridized carbons (Fsp3) is 0.632. The number of amides is 1. The maximum atomic E-state index is 12.2. The Morgan fingerprint density at radius 2 is 2.22 bits per heavy atom. The standard InChI is InChI=1S/C19H29NO3/c1-14(19(2,3)4)11-18(21)20-15-7-5-8-16(12-15)23-13-17-9-6-10-22-17/h5,7-8,12,14,17H,6,9-11,13H2,1-4H3,(H,20,21). The summed E-state index contributed by atoms with van der Waals surface area (Å²) in [5.74, 6) is 1.13. The van der Waals surface area contributed by atoms with Crippen LogP contribution < -0.4 is 10.1 Å². The summed E-state index contributed by atoms with van der Waals surface area (Å²) in [6.07, 6.45) is 2.88. The highest BCUT2D eigenvalue weighted by Gasteiger charge is 2.22. The van der Waals surface area contributed by atoms with Gasteiger partial charge in [-0.15, -0.1) is 0 Å². The van der Waals surface area contributed by atoms with Crippen molar-refractivity contribution in [1.82, 2.24) is 0 Å². The van der Waals surface area contributed by atoms with Crippen LogP contribution in [0.4, 0.5) is 5.69 Å². The minimum Gasteiger partial charge on any atom is -0.491 e. The van der Waals surface area contributed by atoms with E-state index in [1.165, 1.54) is 0 Å². The lowest BCUT2D eigenvalue weighted by Gasteiger charge is -2.26. The third-order valence-corrected chi connectivity index (χ3v) is 4.55. The lowest BCUT2D eigenvalue weighted by Crippen LogP contribution is -2.23. The Hall–Kier alpha value is -1.55. The minimum absolute atomic E-state index is 0.0451. The molecule has 1 saturated heterocycles. The summed E-state index contributed by atoms with van der Waals surface area (Å²) in [5.41, 5.74) is 0.907. The maximum Gasteiger partial charge on any atom is 0.224 e. The van der Waals surface area contributed by atoms with Crippen LogP contribution in [0.5, 0.6) is 5.75 Å². The van der Waals surface area contributed by atoms with Gasteiger partial charge >= 0.3 is 0 Å². The Morgan fingerprint density at radius 3 is 2.87 bits per heavy atom. The van der Waals surface area contributed by atoms with Crippen molar-refractivity contribution in [2.45, 2.75) is 53.1 Å². The van der Waals surface area contributed by atoms with Crippen molar-refractivity contribution in [3.8, 4) is 5.75 Å². The summed E-state index contributed by atoms with van der Waals surface area (Å²) in [6, 6.07) is 7.56. The first kappa shape index (κ1) is 17.8. The molecular weight excluding hydrogens is 290 g/mol. The van der Waals surface area contributed by atoms with Crippen LogP contribution in [0.25, 0.3) is 0 Å². The molecular formula is C19H29NO3. The fourth-order valence-corrected chi connectivity index (χ4v) is 2.42. The highest BCUT2D eigenvalue weighted by atomic mass is 16.5. The number of hydrogen-bond acceptors (Lipinski definition) is 3. The highest BCUT2D eigenvalue weighted by Crippen LogP contribution is 2.28. The average Bonchev–Trinajstić information content (AvgIpc) is 2.97. The van der Waals surface area contributed by atoms with E-state index in [4.69, 9.17) is 9.47 Å². The van der Waals surface area contributed by atoms with Gasteiger partial charge in [-0.3, -0.25) is 4.79 Å². The third-order valence-electron chi connectivity index (χ3n) is 4.55. The van der Waals surface area contributed by atoms with Crippen LogP contribution in [0.2, 0.25) is 0 Å². The van der Waals surface area contributed by atoms with E-state index in [9.17, 15) is 4.79 Å². The summed E-state index contributed by atoms with van der Waals surface area (Å²) in [6.45, 7) is 9.98. The predicted octanol–water partition coefficient (Wildman–Crippen LogP) is 4.26. The van der Waals surface area contributed by atoms with Gasteiger partial charge in [-0.1, -0.05) is 33.8 Å². The lowest BCUT2D eigenvalue weighted by atomic mass is 9.80. The van der Waals surface area contributed by atoms with E-state index in [-0.39, 0.29) is 17.4 Å². The van der Waals surface area contributed by atoms with Crippen molar-refractivity contribution >= 4 is 11.6 Å². The quantitative estimate of drug-likeness (QED) is 0.852. The molecule has 0 bridgehead atoms. The number of nitrogens with one attached hydrogen (secondary N) is 1. The van der Waals surface area contributed by atoms with Gasteiger partial charge in [0.2, 0.25) is 5.91 Å². The number of benzene rings is 1. The lowest BCUT2D eigenvalue weighted by molar-refractivity contribution is -0.117. The first-order valence-electron chi connectivity index (χ1n) is 8.49. The zero-order valence-corrected chi connectivity index (χ0v) is 14.7. The van der Waals surface area contributed by atoms with Gasteiger partial charge in [0, 0.05) is 24.8 Å². The molecule has 1 N–H and O–H groups in total. The Labute approximate surface area is 139 Å². The van der Waals surface area contributed by atoms with E-state index in [1.54, 1.807) is 0 Å². The number of hydrogen-bond donors (Lipinski definition) is 1. The summed E-state index contributed by atoms with van der Waals surface area (Å²) < 4.78 is 11.3. The molecule has 2 rings (SSSR count). The molecule has 0 aliphatic carbocycles. The van der Waals surface area contributed by atoms with Crippen LogP contribution in [0.1, 0.15) is 47.0 Å². The first-order chi connectivity index (χ1) is 10.8. The van der Waals surface area contributed by atoms with Gasteiger partial charge in [-0.05, 0) is 36.3 Å². The minimum atomic E-state index is 0.0451. The summed E-state index contributed by atoms with van der Waals surface area (Å²) in [4.78, 5) is 12.2. The van der Waals surface area contributed by atoms with Crippen molar-refractivity contribution in [1.29, 1.82) is 0 Å². The number of carbonyl (C=O) groups is 1. The van der Waals surface area contributed by atoms with Crippen molar-refractivity contribution in [2.24, 2.45) is 11.3 Å². The molecule has 2 atom stereocenters. The fourth-order valence-electron chi connectivity index (χ4n) is 2.42. The second-order valence-corrected chi connectivity index (χ2v) is 7.49. The van der Waals surface area contributed by atoms with Crippen LogP contribution in [-0.4, -0.2) is 25.2 Å². The second kappa shape index (κ2) is 7.82. The molecule has 1 aliphatic heterocycles. The largest absolute Gasteiger partial charge is 0.491 e. The van der Waals surface area contributed by atoms with Crippen molar-refractivity contribution < 1.29 is 14.3 Å². The van der Waals surface area contributed by atoms with E-state index < -0.39 is 0 Å². The Kier molecular flexibility index (Phi) is 6.05. The van der Waals surface area contributed by atoms with E-state index >= 15 is 0 Å². The second-order valence-electron chi connectivity index (χ2n) is 7.49. The van der Waals surface area contributed by atoms with Crippen LogP contribution >= 0.6 is 0 Å². The van der Waals surface area contributed by atoms with Gasteiger partial charge in [0.05, 0.1) is 6.10 Å². The highest BCUT2D eigenvalue weighted by molar-refractivity contribution is 5.91. The molecule has 1 aromatic rings. The number of ether oxygens (including phenoxy) is 2. The Balaban J connectivity index is 1.85. The number of rotatable bonds is 6. The molecule has 4 heteroatoms. The van der Waals surface area contributed by atoms with Crippen molar-refractivity contribution in [3.63, 3.8) is 0 Å². The van der Waals surface area contributed by atoms with Gasteiger partial charge in [0.25, 0.3) is 0 Å². The van der Waals surface area contributed by atoms with Crippen LogP contribution in [-0.2, 0) is 9.53 Å². The van der Waals surface area contributed by atoms with Gasteiger partial charge in [0.1, 0.15) is 12.4 Å². The smallest absolute Gasteiger partial charge is 0.224 e. The zero-order chi connectivity index (χ0) is 16.9. The first-order valence-corrected chi connectivity index (χ1v) is 8.49. The average molecular weight is 319 g/mol. The predicted molar refractivity (Wildman–Crippen MR) is 92.8 cm³/mol. The Morgan fingerprint density at radius 1 is 1.43 bits per heavy atom. The molecule has 1 amide bonds. The Bertz CT molecular complexity index is 516. The molecule has 0 aromatic heterocycles. The van der Waals surface area contributed by atoms with Gasteiger partial charge in [0.15, 0.2) is 0 Å². The molecule has 23 heavy (non-hydrogen) atoms. The molecule has 0 radical (unpaired) electrons. The third kappa shape index (κ3) is 5.87. The van der Waals surface area contributed by atoms with Crippen LogP contribution in [0.15, 0.2) is 24.3 Å². The summed E-state index contributed by atoms with van der Waals surface area (Å²) >= 11 is 0. The van der Waals surface area contributed by atoms with Crippen molar-refractivity contribution in [3.05, 3.63) is 24.3 Å². The van der Waals surface area contributed by atoms with Crippen LogP contribution in [0.3, 0.4) is 0 Å². The van der Waals surface area contributed by atoms with Gasteiger partial charge < -0.3 is 14.8 Å². The van der Waals surface area contributed by atoms with E-state index in [0.717, 1.165) is 30.9 Å². The SMILES string of the molecule is CC(CC(=O)Nc1cccc(OCC2CCCO2)c1)C(C)(C)C. The van der Waals surface area contributed by atoms with E-state index in [1.807, 2.05) is 24.3 Å². The molecule has 1 fully saturated rings. The zero-order valence-electron chi connectivity index (χ0n) is 14.7. The van der Waals surface area contributed by atoms with E-state index in [0.29, 0.717) is 18.9 Å². The van der Waals surface area contributed by atoms with Crippen LogP contribution in [0, 0.1) is 11.3 Å². The summed E-state index contributed by atoms with van der Waals surface area (Å²) in [7, 11) is 0. The molecule has 0 saturated carbocycles. The normalized spacial score (nSPS) is 19.4.